The first kappa shape index (κ1) is 10.4. The summed E-state index contributed by atoms with van der Waals surface area (Å²) in [6.07, 6.45) is 3.60. The third kappa shape index (κ3) is 1.82. The van der Waals surface area contributed by atoms with Crippen LogP contribution in [-0.4, -0.2) is 19.3 Å². The van der Waals surface area contributed by atoms with Crippen LogP contribution < -0.4 is 9.47 Å². The van der Waals surface area contributed by atoms with Gasteiger partial charge in [0.25, 0.3) is 0 Å². The van der Waals surface area contributed by atoms with E-state index in [0.29, 0.717) is 17.1 Å². The van der Waals surface area contributed by atoms with Gasteiger partial charge in [0.15, 0.2) is 11.5 Å². The number of phenolic OH excluding ortho intramolecular Hbond substituents is 1. The van der Waals surface area contributed by atoms with E-state index in [1.807, 2.05) is 13.0 Å². The summed E-state index contributed by atoms with van der Waals surface area (Å²) in [4.78, 5) is 0. The summed E-state index contributed by atoms with van der Waals surface area (Å²) in [7, 11) is 3.08. The third-order valence-electron chi connectivity index (χ3n) is 1.91. The molecule has 0 amide bonds. The van der Waals surface area contributed by atoms with Gasteiger partial charge in [0, 0.05) is 0 Å². The first-order valence-electron chi connectivity index (χ1n) is 4.31. The van der Waals surface area contributed by atoms with E-state index in [-0.39, 0.29) is 5.75 Å². The Kier molecular flexibility index (Phi) is 3.40. The lowest BCUT2D eigenvalue weighted by molar-refractivity contribution is 0.365. The van der Waals surface area contributed by atoms with Gasteiger partial charge in [-0.05, 0) is 19.1 Å². The SMILES string of the molecule is C/C=C/c1c(OC)ccc(OC)c1O. The van der Waals surface area contributed by atoms with E-state index in [1.165, 1.54) is 7.11 Å². The minimum atomic E-state index is 0.102. The normalized spacial score (nSPS) is 10.5. The Labute approximate surface area is 83.6 Å². The van der Waals surface area contributed by atoms with Gasteiger partial charge in [0.05, 0.1) is 19.8 Å². The topological polar surface area (TPSA) is 38.7 Å². The highest BCUT2D eigenvalue weighted by Gasteiger charge is 2.10. The first-order valence-corrected chi connectivity index (χ1v) is 4.31. The molecule has 0 saturated carbocycles. The molecule has 0 heterocycles. The van der Waals surface area contributed by atoms with Crippen molar-refractivity contribution in [3.05, 3.63) is 23.8 Å². The lowest BCUT2D eigenvalue weighted by atomic mass is 10.1. The second kappa shape index (κ2) is 4.56. The highest BCUT2D eigenvalue weighted by atomic mass is 16.5. The highest BCUT2D eigenvalue weighted by molar-refractivity contribution is 5.67. The molecule has 0 saturated heterocycles. The van der Waals surface area contributed by atoms with Crippen molar-refractivity contribution in [3.8, 4) is 17.2 Å². The number of phenols is 1. The maximum absolute atomic E-state index is 9.78. The number of hydrogen-bond donors (Lipinski definition) is 1. The van der Waals surface area contributed by atoms with Gasteiger partial charge < -0.3 is 14.6 Å². The van der Waals surface area contributed by atoms with Crippen molar-refractivity contribution in [2.45, 2.75) is 6.92 Å². The van der Waals surface area contributed by atoms with Gasteiger partial charge in [0.1, 0.15) is 5.75 Å². The Balaban J connectivity index is 3.31. The molecular formula is C11H14O3. The largest absolute Gasteiger partial charge is 0.504 e. The van der Waals surface area contributed by atoms with Crippen LogP contribution in [0.3, 0.4) is 0 Å². The number of aromatic hydroxyl groups is 1. The second-order valence-electron chi connectivity index (χ2n) is 2.73. The Morgan fingerprint density at radius 2 is 1.71 bits per heavy atom. The summed E-state index contributed by atoms with van der Waals surface area (Å²) < 4.78 is 10.1. The minimum absolute atomic E-state index is 0.102. The van der Waals surface area contributed by atoms with E-state index >= 15 is 0 Å². The lowest BCUT2D eigenvalue weighted by Crippen LogP contribution is -1.90. The number of allylic oxidation sites excluding steroid dienone is 1. The molecular weight excluding hydrogens is 180 g/mol. The van der Waals surface area contributed by atoms with Crippen LogP contribution in [0.15, 0.2) is 18.2 Å². The summed E-state index contributed by atoms with van der Waals surface area (Å²) in [6.45, 7) is 1.87. The van der Waals surface area contributed by atoms with Crippen molar-refractivity contribution in [2.75, 3.05) is 14.2 Å². The van der Waals surface area contributed by atoms with Crippen molar-refractivity contribution >= 4 is 6.08 Å². The van der Waals surface area contributed by atoms with Crippen LogP contribution in [0.25, 0.3) is 6.08 Å². The fraction of sp³-hybridized carbons (Fsp3) is 0.273. The molecule has 0 aliphatic rings. The molecule has 3 nitrogen and oxygen atoms in total. The van der Waals surface area contributed by atoms with E-state index in [4.69, 9.17) is 9.47 Å². The summed E-state index contributed by atoms with van der Waals surface area (Å²) in [6, 6.07) is 3.43. The Morgan fingerprint density at radius 3 is 2.21 bits per heavy atom. The molecule has 76 valence electrons. The lowest BCUT2D eigenvalue weighted by Gasteiger charge is -2.10. The number of methoxy groups -OCH3 is 2. The molecule has 0 bridgehead atoms. The summed E-state index contributed by atoms with van der Waals surface area (Å²) in [5.41, 5.74) is 0.634. The maximum atomic E-state index is 9.78. The van der Waals surface area contributed by atoms with Gasteiger partial charge in [-0.1, -0.05) is 12.2 Å². The zero-order valence-corrected chi connectivity index (χ0v) is 8.57. The quantitative estimate of drug-likeness (QED) is 0.803. The molecule has 0 aliphatic heterocycles. The highest BCUT2D eigenvalue weighted by Crippen LogP contribution is 2.37. The Hall–Kier alpha value is -1.64. The van der Waals surface area contributed by atoms with Crippen molar-refractivity contribution in [2.24, 2.45) is 0 Å². The van der Waals surface area contributed by atoms with E-state index < -0.39 is 0 Å². The van der Waals surface area contributed by atoms with Crippen molar-refractivity contribution < 1.29 is 14.6 Å². The molecule has 1 aromatic rings. The molecule has 0 unspecified atom stereocenters. The van der Waals surface area contributed by atoms with E-state index in [0.717, 1.165) is 0 Å². The first-order chi connectivity index (χ1) is 6.74. The zero-order valence-electron chi connectivity index (χ0n) is 8.57. The van der Waals surface area contributed by atoms with E-state index in [2.05, 4.69) is 0 Å². The number of hydrogen-bond acceptors (Lipinski definition) is 3. The number of rotatable bonds is 3. The van der Waals surface area contributed by atoms with E-state index in [9.17, 15) is 5.11 Å². The van der Waals surface area contributed by atoms with Gasteiger partial charge in [0.2, 0.25) is 0 Å². The molecule has 0 aliphatic carbocycles. The molecule has 0 fully saturated rings. The minimum Gasteiger partial charge on any atom is -0.504 e. The predicted molar refractivity (Wildman–Crippen MR) is 55.9 cm³/mol. The zero-order chi connectivity index (χ0) is 10.6. The summed E-state index contributed by atoms with van der Waals surface area (Å²) >= 11 is 0. The molecule has 3 heteroatoms. The van der Waals surface area contributed by atoms with Crippen LogP contribution in [-0.2, 0) is 0 Å². The fourth-order valence-electron chi connectivity index (χ4n) is 1.24. The Bertz CT molecular complexity index is 343. The monoisotopic (exact) mass is 194 g/mol. The van der Waals surface area contributed by atoms with Gasteiger partial charge in [-0.3, -0.25) is 0 Å². The average molecular weight is 194 g/mol. The maximum Gasteiger partial charge on any atom is 0.168 e. The van der Waals surface area contributed by atoms with Crippen LogP contribution in [0.5, 0.6) is 17.2 Å². The Morgan fingerprint density at radius 1 is 1.14 bits per heavy atom. The molecule has 1 rings (SSSR count). The van der Waals surface area contributed by atoms with Gasteiger partial charge in [-0.15, -0.1) is 0 Å². The third-order valence-corrected chi connectivity index (χ3v) is 1.91. The van der Waals surface area contributed by atoms with E-state index in [1.54, 1.807) is 25.3 Å². The van der Waals surface area contributed by atoms with Crippen molar-refractivity contribution in [1.29, 1.82) is 0 Å². The molecule has 0 spiro atoms. The average Bonchev–Trinajstić information content (AvgIpc) is 2.21. The van der Waals surface area contributed by atoms with Gasteiger partial charge in [-0.25, -0.2) is 0 Å². The van der Waals surface area contributed by atoms with Crippen LogP contribution in [0, 0.1) is 0 Å². The van der Waals surface area contributed by atoms with Crippen molar-refractivity contribution in [1.82, 2.24) is 0 Å². The summed E-state index contributed by atoms with van der Waals surface area (Å²) in [5, 5.41) is 9.78. The second-order valence-corrected chi connectivity index (χ2v) is 2.73. The van der Waals surface area contributed by atoms with Gasteiger partial charge in [-0.2, -0.15) is 0 Å². The number of ether oxygens (including phenoxy) is 2. The van der Waals surface area contributed by atoms with Crippen LogP contribution in [0.1, 0.15) is 12.5 Å². The van der Waals surface area contributed by atoms with Gasteiger partial charge >= 0.3 is 0 Å². The smallest absolute Gasteiger partial charge is 0.168 e. The molecule has 0 atom stereocenters. The van der Waals surface area contributed by atoms with Crippen LogP contribution >= 0.6 is 0 Å². The van der Waals surface area contributed by atoms with Crippen LogP contribution in [0.2, 0.25) is 0 Å². The number of benzene rings is 1. The molecule has 14 heavy (non-hydrogen) atoms. The standard InChI is InChI=1S/C11H14O3/c1-4-5-8-9(13-2)6-7-10(14-3)11(8)12/h4-7,12H,1-3H3/b5-4+. The molecule has 0 aromatic heterocycles. The fourth-order valence-corrected chi connectivity index (χ4v) is 1.24. The molecule has 1 N–H and O–H groups in total. The molecule has 1 aromatic carbocycles. The predicted octanol–water partition coefficient (Wildman–Crippen LogP) is 2.44. The summed E-state index contributed by atoms with van der Waals surface area (Å²) in [5.74, 6) is 1.17. The van der Waals surface area contributed by atoms with Crippen LogP contribution in [0.4, 0.5) is 0 Å². The molecule has 0 radical (unpaired) electrons. The van der Waals surface area contributed by atoms with Crippen molar-refractivity contribution in [3.63, 3.8) is 0 Å².